The van der Waals surface area contributed by atoms with Crippen LogP contribution in [-0.2, 0) is 19.2 Å². The van der Waals surface area contributed by atoms with Crippen molar-refractivity contribution in [2.24, 2.45) is 5.73 Å². The van der Waals surface area contributed by atoms with E-state index in [4.69, 9.17) is 45.3 Å². The molecule has 1 fully saturated rings. The summed E-state index contributed by atoms with van der Waals surface area (Å²) < 4.78 is 0. The molecule has 0 amide bonds. The number of para-hydroxylation sites is 1. The summed E-state index contributed by atoms with van der Waals surface area (Å²) in [6.07, 6.45) is 1.18. The van der Waals surface area contributed by atoms with Crippen molar-refractivity contribution in [2.75, 3.05) is 31.1 Å². The molecule has 0 bridgehead atoms. The Morgan fingerprint density at radius 2 is 1.43 bits per heavy atom. The number of aliphatic carboxylic acids is 4. The molecule has 168 valence electrons. The molecule has 0 radical (unpaired) electrons. The first-order valence-corrected chi connectivity index (χ1v) is 9.21. The summed E-state index contributed by atoms with van der Waals surface area (Å²) in [6, 6.07) is 11.6. The molecule has 1 saturated heterocycles. The first-order valence-electron chi connectivity index (χ1n) is 9.21. The molecule has 2 unspecified atom stereocenters. The Morgan fingerprint density at radius 3 is 1.80 bits per heavy atom. The van der Waals surface area contributed by atoms with Gasteiger partial charge in [0.25, 0.3) is 0 Å². The van der Waals surface area contributed by atoms with Crippen LogP contribution in [0.1, 0.15) is 20.3 Å². The lowest BCUT2D eigenvalue weighted by Crippen LogP contribution is -2.55. The van der Waals surface area contributed by atoms with Gasteiger partial charge in [-0.2, -0.15) is 0 Å². The average molecular weight is 427 g/mol. The summed E-state index contributed by atoms with van der Waals surface area (Å²) >= 11 is 0. The van der Waals surface area contributed by atoms with Gasteiger partial charge in [0.1, 0.15) is 0 Å². The standard InChI is InChI=1S/C15H25N3.2C2H2O4/c1-3-14-12-17(11-13(2)16)9-10-18(14)15-7-5-4-6-8-15;2*3-1(4)2(5)6/h4-8,13-14H,3,9-12,16H2,1-2H3;2*(H,3,4)(H,5,6). The number of hydrogen-bond acceptors (Lipinski definition) is 7. The second kappa shape index (κ2) is 13.9. The minimum atomic E-state index is -1.82. The Balaban J connectivity index is 0.000000580. The number of carboxylic acids is 4. The van der Waals surface area contributed by atoms with Gasteiger partial charge in [-0.15, -0.1) is 0 Å². The van der Waals surface area contributed by atoms with Crippen LogP contribution >= 0.6 is 0 Å². The minimum absolute atomic E-state index is 0.269. The van der Waals surface area contributed by atoms with Gasteiger partial charge in [-0.1, -0.05) is 25.1 Å². The molecule has 2 rings (SSSR count). The van der Waals surface area contributed by atoms with Gasteiger partial charge in [-0.05, 0) is 25.5 Å². The Kier molecular flexibility index (Phi) is 12.4. The second-order valence-corrected chi connectivity index (χ2v) is 6.55. The lowest BCUT2D eigenvalue weighted by molar-refractivity contribution is -0.159. The molecule has 1 aliphatic rings. The summed E-state index contributed by atoms with van der Waals surface area (Å²) in [5, 5.41) is 29.6. The van der Waals surface area contributed by atoms with E-state index >= 15 is 0 Å². The predicted octanol–water partition coefficient (Wildman–Crippen LogP) is 0.246. The zero-order chi connectivity index (χ0) is 23.3. The first-order chi connectivity index (χ1) is 14.0. The molecule has 0 aromatic heterocycles. The van der Waals surface area contributed by atoms with Crippen LogP contribution < -0.4 is 10.6 Å². The molecule has 6 N–H and O–H groups in total. The Bertz CT molecular complexity index is 648. The molecule has 0 spiro atoms. The Labute approximate surface area is 174 Å². The lowest BCUT2D eigenvalue weighted by atomic mass is 10.1. The maximum Gasteiger partial charge on any atom is 0.414 e. The van der Waals surface area contributed by atoms with Crippen molar-refractivity contribution in [3.8, 4) is 0 Å². The van der Waals surface area contributed by atoms with E-state index in [1.165, 1.54) is 12.1 Å². The van der Waals surface area contributed by atoms with Crippen molar-refractivity contribution in [3.05, 3.63) is 30.3 Å². The van der Waals surface area contributed by atoms with Crippen LogP contribution in [-0.4, -0.2) is 87.5 Å². The number of nitrogens with two attached hydrogens (primary N) is 1. The maximum atomic E-state index is 9.10. The molecule has 0 aliphatic carbocycles. The van der Waals surface area contributed by atoms with E-state index in [0.29, 0.717) is 6.04 Å². The molecule has 30 heavy (non-hydrogen) atoms. The van der Waals surface area contributed by atoms with Crippen LogP contribution in [0.2, 0.25) is 0 Å². The molecule has 1 heterocycles. The Hall–Kier alpha value is -3.18. The van der Waals surface area contributed by atoms with Crippen LogP contribution in [0.25, 0.3) is 0 Å². The monoisotopic (exact) mass is 427 g/mol. The highest BCUT2D eigenvalue weighted by atomic mass is 16.4. The zero-order valence-electron chi connectivity index (χ0n) is 17.0. The van der Waals surface area contributed by atoms with Gasteiger partial charge in [0.2, 0.25) is 0 Å². The van der Waals surface area contributed by atoms with E-state index in [1.54, 1.807) is 0 Å². The third kappa shape index (κ3) is 11.0. The topological polar surface area (TPSA) is 182 Å². The van der Waals surface area contributed by atoms with Crippen molar-refractivity contribution in [3.63, 3.8) is 0 Å². The molecule has 1 aromatic carbocycles. The fourth-order valence-corrected chi connectivity index (χ4v) is 2.80. The number of anilines is 1. The number of rotatable bonds is 4. The van der Waals surface area contributed by atoms with Gasteiger partial charge in [0.05, 0.1) is 0 Å². The predicted molar refractivity (Wildman–Crippen MR) is 108 cm³/mol. The molecule has 0 saturated carbocycles. The van der Waals surface area contributed by atoms with Crippen LogP contribution in [0.4, 0.5) is 5.69 Å². The molecule has 11 nitrogen and oxygen atoms in total. The highest BCUT2D eigenvalue weighted by Gasteiger charge is 2.25. The highest BCUT2D eigenvalue weighted by Crippen LogP contribution is 2.21. The molecule has 11 heteroatoms. The highest BCUT2D eigenvalue weighted by molar-refractivity contribution is 6.27. The molecular formula is C19H29N3O8. The quantitative estimate of drug-likeness (QED) is 0.415. The van der Waals surface area contributed by atoms with Crippen molar-refractivity contribution in [2.45, 2.75) is 32.4 Å². The summed E-state index contributed by atoms with van der Waals surface area (Å²) in [4.78, 5) is 41.4. The number of benzene rings is 1. The molecule has 1 aliphatic heterocycles. The minimum Gasteiger partial charge on any atom is -0.473 e. The van der Waals surface area contributed by atoms with Crippen molar-refractivity contribution in [1.29, 1.82) is 0 Å². The average Bonchev–Trinajstić information content (AvgIpc) is 2.68. The SMILES string of the molecule is CCC1CN(CC(C)N)CCN1c1ccccc1.O=C(O)C(=O)O.O=C(O)C(=O)O. The largest absolute Gasteiger partial charge is 0.473 e. The Morgan fingerprint density at radius 1 is 0.967 bits per heavy atom. The van der Waals surface area contributed by atoms with E-state index in [0.717, 1.165) is 26.2 Å². The lowest BCUT2D eigenvalue weighted by Gasteiger charge is -2.43. The maximum absolute atomic E-state index is 9.10. The van der Waals surface area contributed by atoms with Crippen LogP contribution in [0.5, 0.6) is 0 Å². The van der Waals surface area contributed by atoms with Crippen molar-refractivity contribution >= 4 is 29.6 Å². The van der Waals surface area contributed by atoms with Gasteiger partial charge < -0.3 is 31.1 Å². The number of carbonyl (C=O) groups is 4. The number of carboxylic acid groups (broad SMARTS) is 4. The normalized spacial score (nSPS) is 16.8. The zero-order valence-corrected chi connectivity index (χ0v) is 17.0. The number of nitrogens with zero attached hydrogens (tertiary/aromatic N) is 2. The van der Waals surface area contributed by atoms with E-state index < -0.39 is 23.9 Å². The summed E-state index contributed by atoms with van der Waals surface area (Å²) in [5.41, 5.74) is 7.25. The van der Waals surface area contributed by atoms with E-state index in [9.17, 15) is 0 Å². The fourth-order valence-electron chi connectivity index (χ4n) is 2.80. The van der Waals surface area contributed by atoms with E-state index in [-0.39, 0.29) is 6.04 Å². The van der Waals surface area contributed by atoms with Crippen LogP contribution in [0.15, 0.2) is 30.3 Å². The smallest absolute Gasteiger partial charge is 0.414 e. The summed E-state index contributed by atoms with van der Waals surface area (Å²) in [5.74, 6) is -7.30. The van der Waals surface area contributed by atoms with Crippen LogP contribution in [0, 0.1) is 0 Å². The summed E-state index contributed by atoms with van der Waals surface area (Å²) in [7, 11) is 0. The van der Waals surface area contributed by atoms with Gasteiger partial charge in [0.15, 0.2) is 0 Å². The molecular weight excluding hydrogens is 398 g/mol. The third-order valence-corrected chi connectivity index (χ3v) is 4.04. The van der Waals surface area contributed by atoms with Crippen LogP contribution in [0.3, 0.4) is 0 Å². The van der Waals surface area contributed by atoms with Gasteiger partial charge >= 0.3 is 23.9 Å². The van der Waals surface area contributed by atoms with E-state index in [1.807, 2.05) is 0 Å². The third-order valence-electron chi connectivity index (χ3n) is 4.04. The fraction of sp³-hybridized carbons (Fsp3) is 0.474. The molecule has 1 aromatic rings. The van der Waals surface area contributed by atoms with Crippen molar-refractivity contribution < 1.29 is 39.6 Å². The molecule has 2 atom stereocenters. The summed E-state index contributed by atoms with van der Waals surface area (Å²) in [6.45, 7) is 8.73. The van der Waals surface area contributed by atoms with E-state index in [2.05, 4.69) is 54.0 Å². The number of piperazine rings is 1. The van der Waals surface area contributed by atoms with Gasteiger partial charge in [-0.25, -0.2) is 19.2 Å². The first kappa shape index (κ1) is 26.8. The number of hydrogen-bond donors (Lipinski definition) is 5. The second-order valence-electron chi connectivity index (χ2n) is 6.55. The van der Waals surface area contributed by atoms with Gasteiger partial charge in [-0.3, -0.25) is 4.90 Å². The van der Waals surface area contributed by atoms with Crippen molar-refractivity contribution in [1.82, 2.24) is 4.90 Å². The van der Waals surface area contributed by atoms with Gasteiger partial charge in [0, 0.05) is 44.0 Å².